The summed E-state index contributed by atoms with van der Waals surface area (Å²) in [4.78, 5) is 0. The van der Waals surface area contributed by atoms with Crippen LogP contribution in [-0.2, 0) is 0 Å². The van der Waals surface area contributed by atoms with Crippen LogP contribution in [0.4, 0.5) is 4.39 Å². The van der Waals surface area contributed by atoms with Gasteiger partial charge < -0.3 is 5.32 Å². The van der Waals surface area contributed by atoms with E-state index in [1.54, 1.807) is 12.1 Å². The minimum absolute atomic E-state index is 0.149. The molecule has 1 fully saturated rings. The molecule has 76 valence electrons. The summed E-state index contributed by atoms with van der Waals surface area (Å²) in [5.41, 5.74) is 1.23. The molecule has 1 saturated carbocycles. The van der Waals surface area contributed by atoms with E-state index >= 15 is 0 Å². The van der Waals surface area contributed by atoms with Crippen molar-refractivity contribution >= 4 is 22.6 Å². The number of rotatable bonds is 3. The standard InChI is InChI=1S/C11H13FIN/c1-14-11(7-2-3-7)9-5-4-8(12)6-10(9)13/h4-7,11,14H,2-3H2,1H3. The SMILES string of the molecule is CNC(c1ccc(F)cc1I)C1CC1. The normalized spacial score (nSPS) is 18.2. The first-order chi connectivity index (χ1) is 6.72. The lowest BCUT2D eigenvalue weighted by Crippen LogP contribution is -2.19. The van der Waals surface area contributed by atoms with Gasteiger partial charge in [0.25, 0.3) is 0 Å². The van der Waals surface area contributed by atoms with Crippen molar-refractivity contribution in [3.8, 4) is 0 Å². The fraction of sp³-hybridized carbons (Fsp3) is 0.455. The second-order valence-corrected chi connectivity index (χ2v) is 4.93. The van der Waals surface area contributed by atoms with Gasteiger partial charge in [-0.15, -0.1) is 0 Å². The van der Waals surface area contributed by atoms with Crippen LogP contribution >= 0.6 is 22.6 Å². The van der Waals surface area contributed by atoms with Gasteiger partial charge in [-0.3, -0.25) is 0 Å². The first-order valence-electron chi connectivity index (χ1n) is 4.84. The van der Waals surface area contributed by atoms with Crippen LogP contribution in [0.25, 0.3) is 0 Å². The maximum Gasteiger partial charge on any atom is 0.124 e. The molecule has 0 amide bonds. The minimum atomic E-state index is -0.149. The molecular formula is C11H13FIN. The number of hydrogen-bond acceptors (Lipinski definition) is 1. The van der Waals surface area contributed by atoms with Gasteiger partial charge in [-0.1, -0.05) is 6.07 Å². The summed E-state index contributed by atoms with van der Waals surface area (Å²) in [6.07, 6.45) is 2.58. The Balaban J connectivity index is 2.29. The van der Waals surface area contributed by atoms with Crippen molar-refractivity contribution in [1.82, 2.24) is 5.32 Å². The van der Waals surface area contributed by atoms with E-state index in [1.807, 2.05) is 13.1 Å². The minimum Gasteiger partial charge on any atom is -0.313 e. The first-order valence-corrected chi connectivity index (χ1v) is 5.92. The molecule has 1 aliphatic carbocycles. The summed E-state index contributed by atoms with van der Waals surface area (Å²) in [7, 11) is 1.97. The fourth-order valence-electron chi connectivity index (χ4n) is 1.83. The molecule has 1 aromatic carbocycles. The molecule has 2 rings (SSSR count). The quantitative estimate of drug-likeness (QED) is 0.846. The Labute approximate surface area is 97.2 Å². The Bertz CT molecular complexity index is 336. The molecule has 1 N–H and O–H groups in total. The van der Waals surface area contributed by atoms with Crippen LogP contribution in [0.15, 0.2) is 18.2 Å². The molecule has 3 heteroatoms. The van der Waals surface area contributed by atoms with Crippen molar-refractivity contribution in [3.05, 3.63) is 33.1 Å². The average Bonchev–Trinajstić information content (AvgIpc) is 2.93. The molecule has 14 heavy (non-hydrogen) atoms. The second-order valence-electron chi connectivity index (χ2n) is 3.77. The Kier molecular flexibility index (Phi) is 3.07. The zero-order chi connectivity index (χ0) is 10.1. The average molecular weight is 305 g/mol. The van der Waals surface area contributed by atoms with E-state index in [1.165, 1.54) is 18.4 Å². The summed E-state index contributed by atoms with van der Waals surface area (Å²) in [5.74, 6) is 0.600. The van der Waals surface area contributed by atoms with Crippen LogP contribution in [0.5, 0.6) is 0 Å². The predicted molar refractivity (Wildman–Crippen MR) is 63.6 cm³/mol. The van der Waals surface area contributed by atoms with E-state index in [-0.39, 0.29) is 5.82 Å². The highest BCUT2D eigenvalue weighted by molar-refractivity contribution is 14.1. The van der Waals surface area contributed by atoms with Gasteiger partial charge in [0.2, 0.25) is 0 Å². The van der Waals surface area contributed by atoms with Crippen molar-refractivity contribution < 1.29 is 4.39 Å². The lowest BCUT2D eigenvalue weighted by molar-refractivity contribution is 0.524. The largest absolute Gasteiger partial charge is 0.313 e. The van der Waals surface area contributed by atoms with E-state index in [0.29, 0.717) is 6.04 Å². The van der Waals surface area contributed by atoms with Gasteiger partial charge in [-0.25, -0.2) is 4.39 Å². The molecular weight excluding hydrogens is 292 g/mol. The molecule has 0 radical (unpaired) electrons. The molecule has 1 nitrogen and oxygen atoms in total. The molecule has 0 aliphatic heterocycles. The zero-order valence-electron chi connectivity index (χ0n) is 8.06. The van der Waals surface area contributed by atoms with Crippen molar-refractivity contribution in [2.45, 2.75) is 18.9 Å². The summed E-state index contributed by atoms with van der Waals surface area (Å²) in [5, 5.41) is 3.31. The smallest absolute Gasteiger partial charge is 0.124 e. The number of nitrogens with one attached hydrogen (secondary N) is 1. The summed E-state index contributed by atoms with van der Waals surface area (Å²) in [6.45, 7) is 0. The third-order valence-corrected chi connectivity index (χ3v) is 3.64. The van der Waals surface area contributed by atoms with Crippen LogP contribution < -0.4 is 5.32 Å². The zero-order valence-corrected chi connectivity index (χ0v) is 10.2. The predicted octanol–water partition coefficient (Wildman–Crippen LogP) is 3.10. The van der Waals surface area contributed by atoms with Crippen LogP contribution in [0.2, 0.25) is 0 Å². The Morgan fingerprint density at radius 3 is 2.71 bits per heavy atom. The molecule has 1 aromatic rings. The molecule has 1 aliphatic rings. The van der Waals surface area contributed by atoms with Gasteiger partial charge in [0.1, 0.15) is 5.82 Å². The fourth-order valence-corrected chi connectivity index (χ4v) is 2.64. The van der Waals surface area contributed by atoms with Gasteiger partial charge in [-0.2, -0.15) is 0 Å². The van der Waals surface area contributed by atoms with Gasteiger partial charge in [0.05, 0.1) is 0 Å². The summed E-state index contributed by atoms with van der Waals surface area (Å²) in [6, 6.07) is 5.45. The molecule has 1 unspecified atom stereocenters. The topological polar surface area (TPSA) is 12.0 Å². The maximum absolute atomic E-state index is 12.9. The number of halogens is 2. The lowest BCUT2D eigenvalue weighted by Gasteiger charge is -2.17. The van der Waals surface area contributed by atoms with E-state index in [2.05, 4.69) is 27.9 Å². The van der Waals surface area contributed by atoms with Crippen molar-refractivity contribution in [3.63, 3.8) is 0 Å². The van der Waals surface area contributed by atoms with E-state index in [9.17, 15) is 4.39 Å². The Hall–Kier alpha value is -0.160. The third kappa shape index (κ3) is 2.08. The highest BCUT2D eigenvalue weighted by Crippen LogP contribution is 2.41. The van der Waals surface area contributed by atoms with E-state index in [0.717, 1.165) is 9.49 Å². The van der Waals surface area contributed by atoms with Gasteiger partial charge in [-0.05, 0) is 66.1 Å². The van der Waals surface area contributed by atoms with Gasteiger partial charge >= 0.3 is 0 Å². The molecule has 0 heterocycles. The lowest BCUT2D eigenvalue weighted by atomic mass is 10.0. The monoisotopic (exact) mass is 305 g/mol. The Morgan fingerprint density at radius 1 is 1.50 bits per heavy atom. The molecule has 0 aromatic heterocycles. The van der Waals surface area contributed by atoms with Crippen molar-refractivity contribution in [2.75, 3.05) is 7.05 Å². The van der Waals surface area contributed by atoms with E-state index < -0.39 is 0 Å². The third-order valence-electron chi connectivity index (χ3n) is 2.70. The highest BCUT2D eigenvalue weighted by atomic mass is 127. The highest BCUT2D eigenvalue weighted by Gasteiger charge is 2.32. The van der Waals surface area contributed by atoms with Crippen LogP contribution in [0.1, 0.15) is 24.4 Å². The maximum atomic E-state index is 12.9. The van der Waals surface area contributed by atoms with Crippen LogP contribution in [-0.4, -0.2) is 7.05 Å². The van der Waals surface area contributed by atoms with Gasteiger partial charge in [0, 0.05) is 9.61 Å². The summed E-state index contributed by atoms with van der Waals surface area (Å²) < 4.78 is 13.9. The second kappa shape index (κ2) is 4.14. The molecule has 0 spiro atoms. The first kappa shape index (κ1) is 10.4. The van der Waals surface area contributed by atoms with Gasteiger partial charge in [0.15, 0.2) is 0 Å². The molecule has 0 saturated heterocycles. The number of benzene rings is 1. The van der Waals surface area contributed by atoms with Crippen LogP contribution in [0.3, 0.4) is 0 Å². The van der Waals surface area contributed by atoms with Crippen molar-refractivity contribution in [2.24, 2.45) is 5.92 Å². The van der Waals surface area contributed by atoms with E-state index in [4.69, 9.17) is 0 Å². The number of hydrogen-bond donors (Lipinski definition) is 1. The van der Waals surface area contributed by atoms with Crippen molar-refractivity contribution in [1.29, 1.82) is 0 Å². The molecule has 1 atom stereocenters. The Morgan fingerprint density at radius 2 is 2.21 bits per heavy atom. The molecule has 0 bridgehead atoms. The summed E-state index contributed by atoms with van der Waals surface area (Å²) >= 11 is 2.21. The van der Waals surface area contributed by atoms with Crippen LogP contribution in [0, 0.1) is 15.3 Å².